The Hall–Kier alpha value is -1.37. The predicted octanol–water partition coefficient (Wildman–Crippen LogP) is 3.91. The fraction of sp³-hybridized carbons (Fsp3) is 0.308. The monoisotopic (exact) mass is 189 g/mol. The molecule has 0 fully saturated rings. The highest BCUT2D eigenvalue weighted by molar-refractivity contribution is 5.54. The summed E-state index contributed by atoms with van der Waals surface area (Å²) in [7, 11) is 0. The molecule has 0 aliphatic heterocycles. The lowest BCUT2D eigenvalue weighted by atomic mass is 10.2. The maximum absolute atomic E-state index is 3.78. The molecule has 0 saturated heterocycles. The average molecular weight is 189 g/mol. The standard InChI is InChI=1S/C8H10.C5H9N/c1-7-4-3-5-8(2)6-7;1-3-5-6-4-2/h3-6H,1-2H3;3-5H,1-2H3/b;5-3-,6-4?. The number of aliphatic imine (C=N–C) groups is 1. The third-order valence-electron chi connectivity index (χ3n) is 1.56. The summed E-state index contributed by atoms with van der Waals surface area (Å²) < 4.78 is 0. The Morgan fingerprint density at radius 1 is 1.07 bits per heavy atom. The minimum Gasteiger partial charge on any atom is -0.270 e. The van der Waals surface area contributed by atoms with Gasteiger partial charge in [-0.25, -0.2) is 0 Å². The molecule has 0 amide bonds. The Morgan fingerprint density at radius 3 is 1.86 bits per heavy atom. The predicted molar refractivity (Wildman–Crippen MR) is 64.9 cm³/mol. The Balaban J connectivity index is 0.000000255. The van der Waals surface area contributed by atoms with Gasteiger partial charge in [-0.05, 0) is 27.7 Å². The van der Waals surface area contributed by atoms with Crippen molar-refractivity contribution in [2.24, 2.45) is 4.99 Å². The minimum absolute atomic E-state index is 1.34. The third-order valence-corrected chi connectivity index (χ3v) is 1.56. The van der Waals surface area contributed by atoms with Crippen molar-refractivity contribution in [3.63, 3.8) is 0 Å². The van der Waals surface area contributed by atoms with E-state index in [9.17, 15) is 0 Å². The van der Waals surface area contributed by atoms with E-state index in [0.717, 1.165) is 0 Å². The summed E-state index contributed by atoms with van der Waals surface area (Å²) in [5.74, 6) is 0. The molecule has 0 bridgehead atoms. The van der Waals surface area contributed by atoms with Crippen molar-refractivity contribution < 1.29 is 0 Å². The molecule has 0 aliphatic rings. The van der Waals surface area contributed by atoms with Gasteiger partial charge >= 0.3 is 0 Å². The van der Waals surface area contributed by atoms with E-state index in [2.05, 4.69) is 43.1 Å². The Kier molecular flexibility index (Phi) is 7.43. The first-order valence-electron chi connectivity index (χ1n) is 4.83. The molecule has 1 rings (SSSR count). The van der Waals surface area contributed by atoms with E-state index in [1.165, 1.54) is 11.1 Å². The van der Waals surface area contributed by atoms with Crippen molar-refractivity contribution in [2.75, 3.05) is 0 Å². The van der Waals surface area contributed by atoms with Gasteiger partial charge < -0.3 is 0 Å². The van der Waals surface area contributed by atoms with E-state index < -0.39 is 0 Å². The molecule has 0 aromatic heterocycles. The normalized spacial score (nSPS) is 10.3. The van der Waals surface area contributed by atoms with Gasteiger partial charge in [0.25, 0.3) is 0 Å². The lowest BCUT2D eigenvalue weighted by molar-refractivity contribution is 1.39. The highest BCUT2D eigenvalue weighted by Crippen LogP contribution is 2.00. The summed E-state index contributed by atoms with van der Waals surface area (Å²) >= 11 is 0. The SMILES string of the molecule is CC=N/C=C\C.Cc1cccc(C)c1. The summed E-state index contributed by atoms with van der Waals surface area (Å²) in [4.78, 5) is 3.78. The lowest BCUT2D eigenvalue weighted by Crippen LogP contribution is -1.71. The van der Waals surface area contributed by atoms with Crippen LogP contribution < -0.4 is 0 Å². The van der Waals surface area contributed by atoms with Crippen molar-refractivity contribution in [2.45, 2.75) is 27.7 Å². The summed E-state index contributed by atoms with van der Waals surface area (Å²) in [5, 5.41) is 0. The molecule has 0 spiro atoms. The molecule has 1 heteroatoms. The summed E-state index contributed by atoms with van der Waals surface area (Å²) in [6.45, 7) is 8.03. The van der Waals surface area contributed by atoms with Crippen LogP contribution in [-0.4, -0.2) is 6.21 Å². The van der Waals surface area contributed by atoms with Crippen molar-refractivity contribution in [3.05, 3.63) is 47.7 Å². The van der Waals surface area contributed by atoms with Crippen molar-refractivity contribution in [1.82, 2.24) is 0 Å². The molecule has 0 unspecified atom stereocenters. The Bertz CT molecular complexity index is 271. The van der Waals surface area contributed by atoms with Crippen LogP contribution in [0.25, 0.3) is 0 Å². The number of hydrogen-bond donors (Lipinski definition) is 0. The zero-order valence-corrected chi connectivity index (χ0v) is 9.49. The van der Waals surface area contributed by atoms with E-state index in [0.29, 0.717) is 0 Å². The molecule has 0 atom stereocenters. The molecule has 1 aromatic carbocycles. The van der Waals surface area contributed by atoms with E-state index in [1.54, 1.807) is 12.4 Å². The molecule has 0 aliphatic carbocycles. The first kappa shape index (κ1) is 12.6. The van der Waals surface area contributed by atoms with Gasteiger partial charge in [-0.1, -0.05) is 41.5 Å². The second-order valence-corrected chi connectivity index (χ2v) is 3.05. The average Bonchev–Trinajstić information content (AvgIpc) is 2.15. The van der Waals surface area contributed by atoms with Crippen molar-refractivity contribution >= 4 is 6.21 Å². The Labute approximate surface area is 87.2 Å². The minimum atomic E-state index is 1.34. The molecule has 1 nitrogen and oxygen atoms in total. The van der Waals surface area contributed by atoms with Crippen molar-refractivity contribution in [3.8, 4) is 0 Å². The van der Waals surface area contributed by atoms with Gasteiger partial charge in [0.15, 0.2) is 0 Å². The molecule has 0 radical (unpaired) electrons. The van der Waals surface area contributed by atoms with Crippen LogP contribution in [0.3, 0.4) is 0 Å². The van der Waals surface area contributed by atoms with Crippen LogP contribution in [0.1, 0.15) is 25.0 Å². The van der Waals surface area contributed by atoms with Gasteiger partial charge in [-0.3, -0.25) is 4.99 Å². The zero-order chi connectivity index (χ0) is 10.8. The zero-order valence-electron chi connectivity index (χ0n) is 9.49. The van der Waals surface area contributed by atoms with Crippen LogP contribution in [0, 0.1) is 13.8 Å². The molecule has 0 heterocycles. The van der Waals surface area contributed by atoms with E-state index in [1.807, 2.05) is 19.9 Å². The maximum Gasteiger partial charge on any atom is 0.0221 e. The highest BCUT2D eigenvalue weighted by atomic mass is 14.6. The molecule has 0 N–H and O–H groups in total. The number of allylic oxidation sites excluding steroid dienone is 1. The van der Waals surface area contributed by atoms with Crippen molar-refractivity contribution in [1.29, 1.82) is 0 Å². The lowest BCUT2D eigenvalue weighted by Gasteiger charge is -1.90. The first-order valence-corrected chi connectivity index (χ1v) is 4.83. The second kappa shape index (κ2) is 8.24. The Morgan fingerprint density at radius 2 is 1.64 bits per heavy atom. The van der Waals surface area contributed by atoms with Gasteiger partial charge in [0.1, 0.15) is 0 Å². The molecular formula is C13H19N. The first-order chi connectivity index (χ1) is 6.70. The molecular weight excluding hydrogens is 170 g/mol. The highest BCUT2D eigenvalue weighted by Gasteiger charge is 1.80. The molecule has 76 valence electrons. The topological polar surface area (TPSA) is 12.4 Å². The molecule has 1 aromatic rings. The van der Waals surface area contributed by atoms with Crippen LogP contribution in [0.15, 0.2) is 41.5 Å². The van der Waals surface area contributed by atoms with Crippen LogP contribution in [0.2, 0.25) is 0 Å². The fourth-order valence-corrected chi connectivity index (χ4v) is 0.979. The third kappa shape index (κ3) is 7.29. The van der Waals surface area contributed by atoms with E-state index in [-0.39, 0.29) is 0 Å². The largest absolute Gasteiger partial charge is 0.270 e. The number of aryl methyl sites for hydroxylation is 2. The molecule has 14 heavy (non-hydrogen) atoms. The van der Waals surface area contributed by atoms with E-state index in [4.69, 9.17) is 0 Å². The van der Waals surface area contributed by atoms with Gasteiger partial charge in [0.2, 0.25) is 0 Å². The van der Waals surface area contributed by atoms with Crippen LogP contribution in [0.5, 0.6) is 0 Å². The van der Waals surface area contributed by atoms with Crippen LogP contribution in [-0.2, 0) is 0 Å². The number of benzene rings is 1. The van der Waals surface area contributed by atoms with Crippen LogP contribution in [0.4, 0.5) is 0 Å². The number of nitrogens with zero attached hydrogens (tertiary/aromatic N) is 1. The summed E-state index contributed by atoms with van der Waals surface area (Å²) in [6, 6.07) is 8.45. The molecule has 0 saturated carbocycles. The smallest absolute Gasteiger partial charge is 0.0221 e. The number of rotatable bonds is 1. The van der Waals surface area contributed by atoms with Gasteiger partial charge in [0.05, 0.1) is 0 Å². The van der Waals surface area contributed by atoms with Gasteiger partial charge in [-0.15, -0.1) is 0 Å². The fourth-order valence-electron chi connectivity index (χ4n) is 0.979. The second-order valence-electron chi connectivity index (χ2n) is 3.05. The summed E-state index contributed by atoms with van der Waals surface area (Å²) in [6.07, 6.45) is 5.39. The number of hydrogen-bond acceptors (Lipinski definition) is 1. The summed E-state index contributed by atoms with van der Waals surface area (Å²) in [5.41, 5.74) is 2.68. The van der Waals surface area contributed by atoms with E-state index >= 15 is 0 Å². The van der Waals surface area contributed by atoms with Gasteiger partial charge in [-0.2, -0.15) is 0 Å². The van der Waals surface area contributed by atoms with Gasteiger partial charge in [0, 0.05) is 12.4 Å². The maximum atomic E-state index is 3.78. The quantitative estimate of drug-likeness (QED) is 0.594. The van der Waals surface area contributed by atoms with Crippen LogP contribution >= 0.6 is 0 Å².